The Hall–Kier alpha value is -2.01. The van der Waals surface area contributed by atoms with Crippen LogP contribution in [0.15, 0.2) is 41.4 Å². The number of nitrogens with zero attached hydrogens (tertiary/aromatic N) is 1. The van der Waals surface area contributed by atoms with Gasteiger partial charge in [0.05, 0.1) is 6.04 Å². The fourth-order valence-corrected chi connectivity index (χ4v) is 4.37. The molecule has 0 radical (unpaired) electrons. The van der Waals surface area contributed by atoms with Crippen molar-refractivity contribution in [2.75, 3.05) is 24.2 Å². The normalized spacial score (nSPS) is 16.1. The first-order chi connectivity index (χ1) is 13.6. The summed E-state index contributed by atoms with van der Waals surface area (Å²) in [5.74, 6) is 1.76. The molecule has 1 atom stereocenters. The van der Waals surface area contributed by atoms with Crippen molar-refractivity contribution in [1.29, 1.82) is 0 Å². The molecule has 2 aromatic rings. The molecule has 3 nitrogen and oxygen atoms in total. The zero-order chi connectivity index (χ0) is 19.9. The van der Waals surface area contributed by atoms with Crippen LogP contribution in [0.25, 0.3) is 0 Å². The van der Waals surface area contributed by atoms with Crippen LogP contribution in [0.5, 0.6) is 5.75 Å². The summed E-state index contributed by atoms with van der Waals surface area (Å²) >= 11 is 1.78. The van der Waals surface area contributed by atoms with Gasteiger partial charge in [-0.15, -0.1) is 11.8 Å². The van der Waals surface area contributed by atoms with Crippen LogP contribution in [0, 0.1) is 19.7 Å². The number of rotatable bonds is 9. The van der Waals surface area contributed by atoms with Crippen LogP contribution in [0.3, 0.4) is 0 Å². The fourth-order valence-electron chi connectivity index (χ4n) is 3.38. The highest BCUT2D eigenvalue weighted by atomic mass is 32.2. The molecule has 0 aromatic heterocycles. The van der Waals surface area contributed by atoms with E-state index in [-0.39, 0.29) is 11.9 Å². The number of halogens is 1. The molecule has 0 aliphatic carbocycles. The van der Waals surface area contributed by atoms with Crippen LogP contribution in [0.1, 0.15) is 36.5 Å². The molecule has 0 fully saturated rings. The van der Waals surface area contributed by atoms with Gasteiger partial charge in [0.15, 0.2) is 0 Å². The number of ether oxygens (including phenoxy) is 1. The van der Waals surface area contributed by atoms with E-state index in [0.29, 0.717) is 6.61 Å². The molecule has 0 bridgehead atoms. The SMILES string of the molecule is CCCc1c(C)cccc1OCC1=NC(CCNc2cc(F)ccc2C)CS1. The minimum absolute atomic E-state index is 0.208. The van der Waals surface area contributed by atoms with Gasteiger partial charge < -0.3 is 10.1 Å². The lowest BCUT2D eigenvalue weighted by molar-refractivity contribution is 0.373. The van der Waals surface area contributed by atoms with Crippen LogP contribution >= 0.6 is 11.8 Å². The number of hydrogen-bond donors (Lipinski definition) is 1. The molecule has 0 spiro atoms. The smallest absolute Gasteiger partial charge is 0.136 e. The number of hydrogen-bond acceptors (Lipinski definition) is 4. The highest BCUT2D eigenvalue weighted by Gasteiger charge is 2.19. The molecule has 1 aliphatic rings. The summed E-state index contributed by atoms with van der Waals surface area (Å²) in [4.78, 5) is 4.81. The molecule has 2 aromatic carbocycles. The van der Waals surface area contributed by atoms with Gasteiger partial charge >= 0.3 is 0 Å². The predicted octanol–water partition coefficient (Wildman–Crippen LogP) is 5.79. The third kappa shape index (κ3) is 5.51. The summed E-state index contributed by atoms with van der Waals surface area (Å²) in [7, 11) is 0. The molecule has 3 rings (SSSR count). The van der Waals surface area contributed by atoms with Crippen molar-refractivity contribution in [1.82, 2.24) is 0 Å². The predicted molar refractivity (Wildman–Crippen MR) is 119 cm³/mol. The highest BCUT2D eigenvalue weighted by molar-refractivity contribution is 8.14. The standard InChI is InChI=1S/C23H29FN2OS/c1-4-6-20-16(2)7-5-8-22(20)27-14-23-26-19(15-28-23)11-12-25-21-13-18(24)10-9-17(21)3/h5,7-10,13,19,25H,4,6,11-12,14-15H2,1-3H3. The quantitative estimate of drug-likeness (QED) is 0.578. The molecule has 1 aliphatic heterocycles. The second-order valence-electron chi connectivity index (χ2n) is 7.25. The second kappa shape index (κ2) is 9.97. The maximum atomic E-state index is 13.4. The lowest BCUT2D eigenvalue weighted by Crippen LogP contribution is -2.12. The third-order valence-corrected chi connectivity index (χ3v) is 6.09. The summed E-state index contributed by atoms with van der Waals surface area (Å²) in [5.41, 5.74) is 4.51. The van der Waals surface area contributed by atoms with Gasteiger partial charge in [-0.3, -0.25) is 4.99 Å². The fraction of sp³-hybridized carbons (Fsp3) is 0.435. The van der Waals surface area contributed by atoms with Crippen molar-refractivity contribution in [3.63, 3.8) is 0 Å². The van der Waals surface area contributed by atoms with E-state index in [4.69, 9.17) is 9.73 Å². The van der Waals surface area contributed by atoms with Gasteiger partial charge in [0.25, 0.3) is 0 Å². The Kier molecular flexibility index (Phi) is 7.37. The van der Waals surface area contributed by atoms with Crippen LogP contribution in [-0.2, 0) is 6.42 Å². The van der Waals surface area contributed by atoms with E-state index in [1.165, 1.54) is 17.2 Å². The zero-order valence-electron chi connectivity index (χ0n) is 16.9. The lowest BCUT2D eigenvalue weighted by Gasteiger charge is -2.13. The highest BCUT2D eigenvalue weighted by Crippen LogP contribution is 2.26. The number of anilines is 1. The number of aliphatic imine (C=N–C) groups is 1. The Morgan fingerprint density at radius 1 is 1.21 bits per heavy atom. The Bertz CT molecular complexity index is 837. The van der Waals surface area contributed by atoms with E-state index < -0.39 is 0 Å². The number of nitrogens with one attached hydrogen (secondary N) is 1. The van der Waals surface area contributed by atoms with E-state index in [0.717, 1.165) is 53.6 Å². The van der Waals surface area contributed by atoms with Crippen molar-refractivity contribution >= 4 is 22.5 Å². The lowest BCUT2D eigenvalue weighted by atomic mass is 10.0. The molecule has 5 heteroatoms. The number of thioether (sulfide) groups is 1. The Morgan fingerprint density at radius 3 is 2.89 bits per heavy atom. The summed E-state index contributed by atoms with van der Waals surface area (Å²) in [6.07, 6.45) is 3.07. The largest absolute Gasteiger partial charge is 0.486 e. The molecule has 0 saturated heterocycles. The first-order valence-corrected chi connectivity index (χ1v) is 11.0. The maximum absolute atomic E-state index is 13.4. The summed E-state index contributed by atoms with van der Waals surface area (Å²) in [6, 6.07) is 11.4. The minimum Gasteiger partial charge on any atom is -0.486 e. The van der Waals surface area contributed by atoms with Gasteiger partial charge in [0.2, 0.25) is 0 Å². The van der Waals surface area contributed by atoms with Crippen LogP contribution in [0.4, 0.5) is 10.1 Å². The van der Waals surface area contributed by atoms with Gasteiger partial charge in [0.1, 0.15) is 23.2 Å². The molecular formula is C23H29FN2OS. The molecule has 150 valence electrons. The Labute approximate surface area is 171 Å². The van der Waals surface area contributed by atoms with Crippen LogP contribution < -0.4 is 10.1 Å². The van der Waals surface area contributed by atoms with Gasteiger partial charge in [-0.2, -0.15) is 0 Å². The molecule has 0 amide bonds. The zero-order valence-corrected chi connectivity index (χ0v) is 17.7. The van der Waals surface area contributed by atoms with Crippen molar-refractivity contribution in [3.05, 3.63) is 58.9 Å². The van der Waals surface area contributed by atoms with E-state index >= 15 is 0 Å². The first-order valence-electron chi connectivity index (χ1n) is 9.97. The van der Waals surface area contributed by atoms with E-state index in [2.05, 4.69) is 37.4 Å². The minimum atomic E-state index is -0.208. The van der Waals surface area contributed by atoms with E-state index in [9.17, 15) is 4.39 Å². The van der Waals surface area contributed by atoms with Gasteiger partial charge in [-0.1, -0.05) is 31.5 Å². The van der Waals surface area contributed by atoms with Crippen molar-refractivity contribution in [2.24, 2.45) is 4.99 Å². The van der Waals surface area contributed by atoms with Crippen LogP contribution in [-0.4, -0.2) is 30.0 Å². The Balaban J connectivity index is 1.49. The first kappa shape index (κ1) is 20.7. The summed E-state index contributed by atoms with van der Waals surface area (Å²) in [6.45, 7) is 7.64. The summed E-state index contributed by atoms with van der Waals surface area (Å²) in [5, 5.41) is 4.40. The van der Waals surface area contributed by atoms with Crippen LogP contribution in [0.2, 0.25) is 0 Å². The Morgan fingerprint density at radius 2 is 2.07 bits per heavy atom. The van der Waals surface area contributed by atoms with Gasteiger partial charge in [0, 0.05) is 18.0 Å². The molecular weight excluding hydrogens is 371 g/mol. The average molecular weight is 401 g/mol. The third-order valence-electron chi connectivity index (χ3n) is 4.98. The molecule has 1 heterocycles. The van der Waals surface area contributed by atoms with Crippen molar-refractivity contribution < 1.29 is 9.13 Å². The molecule has 0 saturated carbocycles. The van der Waals surface area contributed by atoms with Crippen molar-refractivity contribution in [3.8, 4) is 5.75 Å². The van der Waals surface area contributed by atoms with E-state index in [1.807, 2.05) is 6.92 Å². The van der Waals surface area contributed by atoms with E-state index in [1.54, 1.807) is 23.9 Å². The molecule has 1 unspecified atom stereocenters. The summed E-state index contributed by atoms with van der Waals surface area (Å²) < 4.78 is 19.5. The number of aryl methyl sites for hydroxylation is 2. The maximum Gasteiger partial charge on any atom is 0.136 e. The molecule has 1 N–H and O–H groups in total. The molecule has 28 heavy (non-hydrogen) atoms. The van der Waals surface area contributed by atoms with Gasteiger partial charge in [-0.25, -0.2) is 4.39 Å². The van der Waals surface area contributed by atoms with Crippen molar-refractivity contribution in [2.45, 2.75) is 46.1 Å². The topological polar surface area (TPSA) is 33.6 Å². The van der Waals surface area contributed by atoms with Gasteiger partial charge in [-0.05, 0) is 61.6 Å². The number of benzene rings is 2. The average Bonchev–Trinajstić information content (AvgIpc) is 3.13. The monoisotopic (exact) mass is 400 g/mol. The second-order valence-corrected chi connectivity index (χ2v) is 8.35.